The molecule has 0 saturated heterocycles. The summed E-state index contributed by atoms with van der Waals surface area (Å²) in [5.74, 6) is 0. The van der Waals surface area contributed by atoms with E-state index in [9.17, 15) is 18.0 Å². The van der Waals surface area contributed by atoms with E-state index in [2.05, 4.69) is 4.98 Å². The number of carbonyl (C=O) groups excluding carboxylic acids is 1. The van der Waals surface area contributed by atoms with E-state index in [0.717, 1.165) is 17.8 Å². The molecule has 0 fully saturated rings. The van der Waals surface area contributed by atoms with Gasteiger partial charge in [-0.3, -0.25) is 0 Å². The number of rotatable bonds is 1. The van der Waals surface area contributed by atoms with Gasteiger partial charge in [-0.1, -0.05) is 6.08 Å². The van der Waals surface area contributed by atoms with Crippen molar-refractivity contribution in [2.45, 2.75) is 39.0 Å². The highest BCUT2D eigenvalue weighted by Gasteiger charge is 2.32. The number of hydrogen-bond donors (Lipinski definition) is 0. The van der Waals surface area contributed by atoms with Gasteiger partial charge >= 0.3 is 12.3 Å². The smallest absolute Gasteiger partial charge is 0.417 e. The molecule has 0 bridgehead atoms. The molecule has 2 aromatic rings. The summed E-state index contributed by atoms with van der Waals surface area (Å²) in [4.78, 5) is 17.6. The van der Waals surface area contributed by atoms with Crippen LogP contribution in [0.5, 0.6) is 0 Å². The van der Waals surface area contributed by atoms with E-state index >= 15 is 0 Å². The molecule has 0 unspecified atom stereocenters. The highest BCUT2D eigenvalue weighted by atomic mass is 19.4. The molecule has 0 radical (unpaired) electrons. The van der Waals surface area contributed by atoms with E-state index in [1.807, 2.05) is 0 Å². The first-order valence-corrected chi connectivity index (χ1v) is 8.25. The van der Waals surface area contributed by atoms with Gasteiger partial charge in [0.25, 0.3) is 0 Å². The van der Waals surface area contributed by atoms with Crippen LogP contribution in [0.3, 0.4) is 0 Å². The van der Waals surface area contributed by atoms with Gasteiger partial charge in [-0.15, -0.1) is 0 Å². The molecule has 0 saturated carbocycles. The Kier molecular flexibility index (Phi) is 4.46. The average molecular weight is 367 g/mol. The number of aromatic nitrogens is 2. The second-order valence-corrected chi connectivity index (χ2v) is 7.23. The lowest BCUT2D eigenvalue weighted by Gasteiger charge is -2.29. The lowest BCUT2D eigenvalue weighted by atomic mass is 9.98. The maximum absolute atomic E-state index is 13.2. The molecule has 5 nitrogen and oxygen atoms in total. The van der Waals surface area contributed by atoms with Crippen molar-refractivity contribution in [2.24, 2.45) is 0 Å². The van der Waals surface area contributed by atoms with Gasteiger partial charge in [0.2, 0.25) is 0 Å². The molecule has 0 N–H and O–H groups in total. The molecule has 26 heavy (non-hydrogen) atoms. The van der Waals surface area contributed by atoms with Crippen LogP contribution in [0.4, 0.5) is 18.0 Å². The zero-order valence-electron chi connectivity index (χ0n) is 14.8. The highest BCUT2D eigenvalue weighted by Crippen LogP contribution is 2.34. The SMILES string of the molecule is CC(C)(C)OC(=O)N1CC=C(c2cc(C(F)(F)F)cn3cncc23)CC1. The molecule has 0 atom stereocenters. The maximum Gasteiger partial charge on any atom is 0.417 e. The fourth-order valence-corrected chi connectivity index (χ4v) is 2.85. The number of imidazole rings is 1. The Balaban J connectivity index is 1.89. The lowest BCUT2D eigenvalue weighted by Crippen LogP contribution is -2.39. The minimum atomic E-state index is -4.44. The summed E-state index contributed by atoms with van der Waals surface area (Å²) in [6.07, 6.45) is 1.28. The fraction of sp³-hybridized carbons (Fsp3) is 0.444. The molecule has 0 aliphatic carbocycles. The summed E-state index contributed by atoms with van der Waals surface area (Å²) in [5, 5.41) is 0. The van der Waals surface area contributed by atoms with E-state index in [-0.39, 0.29) is 0 Å². The summed E-state index contributed by atoms with van der Waals surface area (Å²) in [7, 11) is 0. The van der Waals surface area contributed by atoms with Crippen molar-refractivity contribution in [1.29, 1.82) is 0 Å². The fourth-order valence-electron chi connectivity index (χ4n) is 2.85. The third-order valence-corrected chi connectivity index (χ3v) is 4.05. The molecule has 2 aromatic heterocycles. The Morgan fingerprint density at radius 1 is 1.27 bits per heavy atom. The number of alkyl halides is 3. The molecular weight excluding hydrogens is 347 g/mol. The maximum atomic E-state index is 13.2. The number of pyridine rings is 1. The van der Waals surface area contributed by atoms with Crippen LogP contribution in [0.25, 0.3) is 11.1 Å². The van der Waals surface area contributed by atoms with E-state index < -0.39 is 23.4 Å². The van der Waals surface area contributed by atoms with Crippen molar-refractivity contribution in [3.63, 3.8) is 0 Å². The van der Waals surface area contributed by atoms with Crippen LogP contribution >= 0.6 is 0 Å². The van der Waals surface area contributed by atoms with Crippen molar-refractivity contribution in [2.75, 3.05) is 13.1 Å². The molecule has 0 spiro atoms. The van der Waals surface area contributed by atoms with Gasteiger partial charge in [0.15, 0.2) is 0 Å². The Bertz CT molecular complexity index is 863. The zero-order chi connectivity index (χ0) is 19.1. The molecule has 1 amide bonds. The Hall–Kier alpha value is -2.51. The van der Waals surface area contributed by atoms with Gasteiger partial charge < -0.3 is 14.0 Å². The molecular formula is C18H20F3N3O2. The third kappa shape index (κ3) is 3.84. The second-order valence-electron chi connectivity index (χ2n) is 7.23. The van der Waals surface area contributed by atoms with Crippen LogP contribution < -0.4 is 0 Å². The first-order valence-electron chi connectivity index (χ1n) is 8.25. The number of fused-ring (bicyclic) bond motifs is 1. The first kappa shape index (κ1) is 18.3. The highest BCUT2D eigenvalue weighted by molar-refractivity contribution is 5.80. The summed E-state index contributed by atoms with van der Waals surface area (Å²) in [5.41, 5.74) is 0.539. The average Bonchev–Trinajstić information content (AvgIpc) is 3.00. The Labute approximate surface area is 149 Å². The van der Waals surface area contributed by atoms with E-state index in [0.29, 0.717) is 30.6 Å². The number of nitrogens with zero attached hydrogens (tertiary/aromatic N) is 3. The third-order valence-electron chi connectivity index (χ3n) is 4.05. The molecule has 8 heteroatoms. The van der Waals surface area contributed by atoms with Crippen molar-refractivity contribution in [3.8, 4) is 0 Å². The van der Waals surface area contributed by atoms with Gasteiger partial charge in [-0.2, -0.15) is 13.2 Å². The van der Waals surface area contributed by atoms with Crippen molar-refractivity contribution in [3.05, 3.63) is 42.0 Å². The van der Waals surface area contributed by atoms with Gasteiger partial charge in [-0.25, -0.2) is 9.78 Å². The topological polar surface area (TPSA) is 46.8 Å². The summed E-state index contributed by atoms with van der Waals surface area (Å²) in [6.45, 7) is 6.04. The lowest BCUT2D eigenvalue weighted by molar-refractivity contribution is -0.137. The van der Waals surface area contributed by atoms with Gasteiger partial charge in [0.05, 0.1) is 23.6 Å². The molecule has 3 heterocycles. The van der Waals surface area contributed by atoms with Crippen molar-refractivity contribution in [1.82, 2.24) is 14.3 Å². The second kappa shape index (κ2) is 6.34. The summed E-state index contributed by atoms with van der Waals surface area (Å²) >= 11 is 0. The van der Waals surface area contributed by atoms with Crippen LogP contribution in [0, 0.1) is 0 Å². The van der Waals surface area contributed by atoms with E-state index in [1.165, 1.54) is 21.8 Å². The molecule has 0 aromatic carbocycles. The van der Waals surface area contributed by atoms with Crippen LogP contribution in [-0.4, -0.2) is 39.1 Å². The van der Waals surface area contributed by atoms with Crippen LogP contribution in [-0.2, 0) is 10.9 Å². The number of hydrogen-bond acceptors (Lipinski definition) is 3. The van der Waals surface area contributed by atoms with E-state index in [1.54, 1.807) is 26.8 Å². The van der Waals surface area contributed by atoms with Gasteiger partial charge in [-0.05, 0) is 38.8 Å². The predicted octanol–water partition coefficient (Wildman–Crippen LogP) is 4.38. The van der Waals surface area contributed by atoms with E-state index in [4.69, 9.17) is 4.74 Å². The Morgan fingerprint density at radius 3 is 2.58 bits per heavy atom. The van der Waals surface area contributed by atoms with Crippen molar-refractivity contribution < 1.29 is 22.7 Å². The van der Waals surface area contributed by atoms with Crippen LogP contribution in [0.1, 0.15) is 38.3 Å². The Morgan fingerprint density at radius 2 is 2.00 bits per heavy atom. The monoisotopic (exact) mass is 367 g/mol. The molecule has 1 aliphatic rings. The predicted molar refractivity (Wildman–Crippen MR) is 90.6 cm³/mol. The number of ether oxygens (including phenoxy) is 1. The zero-order valence-corrected chi connectivity index (χ0v) is 14.8. The molecule has 140 valence electrons. The summed E-state index contributed by atoms with van der Waals surface area (Å²) in [6, 6.07) is 1.14. The van der Waals surface area contributed by atoms with Crippen LogP contribution in [0.15, 0.2) is 30.9 Å². The van der Waals surface area contributed by atoms with Gasteiger partial charge in [0.1, 0.15) is 5.60 Å². The molecule has 1 aliphatic heterocycles. The normalized spacial score (nSPS) is 15.9. The van der Waals surface area contributed by atoms with Gasteiger partial charge in [0, 0.05) is 24.8 Å². The minimum absolute atomic E-state index is 0.292. The largest absolute Gasteiger partial charge is 0.444 e. The van der Waals surface area contributed by atoms with Crippen LogP contribution in [0.2, 0.25) is 0 Å². The quantitative estimate of drug-likeness (QED) is 0.752. The summed E-state index contributed by atoms with van der Waals surface area (Å²) < 4.78 is 46.2. The number of carbonyl (C=O) groups is 1. The van der Waals surface area contributed by atoms with Crippen molar-refractivity contribution >= 4 is 17.2 Å². The molecule has 3 rings (SSSR count). The minimum Gasteiger partial charge on any atom is -0.444 e. The standard InChI is InChI=1S/C18H20F3N3O2/c1-17(2,3)26-16(25)23-6-4-12(5-7-23)14-8-13(18(19,20)21)10-24-11-22-9-15(14)24/h4,8-11H,5-7H2,1-3H3. The number of amides is 1. The first-order chi connectivity index (χ1) is 12.0. The number of halogens is 3.